The van der Waals surface area contributed by atoms with Gasteiger partial charge in [-0.15, -0.1) is 0 Å². The van der Waals surface area contributed by atoms with Crippen molar-refractivity contribution in [1.29, 1.82) is 0 Å². The zero-order chi connectivity index (χ0) is 6.85. The van der Waals surface area contributed by atoms with E-state index in [1.165, 1.54) is 6.20 Å². The molecule has 1 aromatic rings. The van der Waals surface area contributed by atoms with Gasteiger partial charge < -0.3 is 0 Å². The molecule has 0 radical (unpaired) electrons. The van der Waals surface area contributed by atoms with Crippen LogP contribution >= 0.6 is 0 Å². The van der Waals surface area contributed by atoms with Crippen LogP contribution in [0.4, 0.5) is 4.39 Å². The van der Waals surface area contributed by atoms with Crippen LogP contribution in [0.2, 0.25) is 0 Å². The topological polar surface area (TPSA) is 25.8 Å². The summed E-state index contributed by atoms with van der Waals surface area (Å²) >= 11 is 0. The maximum absolute atomic E-state index is 12.4. The quantitative estimate of drug-likeness (QED) is 0.488. The molecule has 0 bridgehead atoms. The molecular formula is C6H7FN2. The monoisotopic (exact) mass is 126 g/mol. The normalized spacial score (nSPS) is 9.67. The average Bonchev–Trinajstić information content (AvgIpc) is 1.80. The van der Waals surface area contributed by atoms with Crippen LogP contribution < -0.4 is 0 Å². The Kier molecular flexibility index (Phi) is 1.42. The first kappa shape index (κ1) is 6.13. The molecule has 0 aromatic carbocycles. The lowest BCUT2D eigenvalue weighted by molar-refractivity contribution is 0.564. The summed E-state index contributed by atoms with van der Waals surface area (Å²) in [5.41, 5.74) is 0.487. The molecule has 0 aliphatic rings. The van der Waals surface area contributed by atoms with E-state index in [0.29, 0.717) is 11.4 Å². The summed E-state index contributed by atoms with van der Waals surface area (Å²) < 4.78 is 12.4. The van der Waals surface area contributed by atoms with Crippen molar-refractivity contribution in [2.45, 2.75) is 13.8 Å². The van der Waals surface area contributed by atoms with Gasteiger partial charge in [-0.3, -0.25) is 0 Å². The van der Waals surface area contributed by atoms with E-state index in [9.17, 15) is 4.39 Å². The first-order chi connectivity index (χ1) is 4.20. The van der Waals surface area contributed by atoms with Crippen LogP contribution in [0.5, 0.6) is 0 Å². The fraction of sp³-hybridized carbons (Fsp3) is 0.333. The van der Waals surface area contributed by atoms with Gasteiger partial charge in [0.2, 0.25) is 5.95 Å². The number of hydrogen-bond acceptors (Lipinski definition) is 2. The van der Waals surface area contributed by atoms with Crippen molar-refractivity contribution in [1.82, 2.24) is 9.97 Å². The lowest BCUT2D eigenvalue weighted by Gasteiger charge is -1.92. The van der Waals surface area contributed by atoms with Crippen molar-refractivity contribution >= 4 is 0 Å². The number of aryl methyl sites for hydroxylation is 2. The van der Waals surface area contributed by atoms with Gasteiger partial charge in [0.05, 0.1) is 0 Å². The van der Waals surface area contributed by atoms with Gasteiger partial charge in [-0.2, -0.15) is 4.39 Å². The molecule has 0 amide bonds. The largest absolute Gasteiger partial charge is 0.241 e. The summed E-state index contributed by atoms with van der Waals surface area (Å²) in [5.74, 6) is 0.0422. The van der Waals surface area contributed by atoms with Gasteiger partial charge in [-0.05, 0) is 13.8 Å². The number of nitrogens with zero attached hydrogens (tertiary/aromatic N) is 2. The fourth-order valence-electron chi connectivity index (χ4n) is 0.503. The molecule has 2 nitrogen and oxygen atoms in total. The summed E-state index contributed by atoms with van der Waals surface area (Å²) in [6, 6.07) is 0. The van der Waals surface area contributed by atoms with E-state index in [4.69, 9.17) is 0 Å². The summed E-state index contributed by atoms with van der Waals surface area (Å²) in [5, 5.41) is 0. The summed E-state index contributed by atoms with van der Waals surface area (Å²) in [6.07, 6.45) is 1.47. The molecule has 9 heavy (non-hydrogen) atoms. The smallest absolute Gasteiger partial charge is 0.219 e. The summed E-state index contributed by atoms with van der Waals surface area (Å²) in [6.45, 7) is 3.29. The van der Waals surface area contributed by atoms with E-state index in [0.717, 1.165) is 0 Å². The standard InChI is InChI=1S/C6H7FN2/c1-4-3-8-5(2)9-6(4)7/h3H,1-2H3. The highest BCUT2D eigenvalue weighted by molar-refractivity contribution is 5.03. The van der Waals surface area contributed by atoms with Crippen LogP contribution in [0, 0.1) is 19.8 Å². The molecule has 0 saturated carbocycles. The first-order valence-electron chi connectivity index (χ1n) is 2.66. The third kappa shape index (κ3) is 1.22. The van der Waals surface area contributed by atoms with Gasteiger partial charge in [0.1, 0.15) is 5.82 Å². The molecule has 0 spiro atoms. The van der Waals surface area contributed by atoms with Crippen LogP contribution in [-0.4, -0.2) is 9.97 Å². The van der Waals surface area contributed by atoms with Crippen molar-refractivity contribution in [3.05, 3.63) is 23.5 Å². The Morgan fingerprint density at radius 2 is 2.11 bits per heavy atom. The Hall–Kier alpha value is -0.990. The maximum atomic E-state index is 12.4. The Morgan fingerprint density at radius 3 is 2.56 bits per heavy atom. The van der Waals surface area contributed by atoms with Crippen LogP contribution in [0.15, 0.2) is 6.20 Å². The minimum Gasteiger partial charge on any atom is -0.241 e. The molecule has 0 aliphatic carbocycles. The third-order valence-corrected chi connectivity index (χ3v) is 1.03. The van der Waals surface area contributed by atoms with Gasteiger partial charge >= 0.3 is 0 Å². The Labute approximate surface area is 52.8 Å². The molecule has 1 heterocycles. The number of rotatable bonds is 0. The van der Waals surface area contributed by atoms with Gasteiger partial charge in [-0.1, -0.05) is 0 Å². The molecule has 0 atom stereocenters. The van der Waals surface area contributed by atoms with Gasteiger partial charge in [0, 0.05) is 11.8 Å². The minimum absolute atomic E-state index is 0.428. The van der Waals surface area contributed by atoms with Gasteiger partial charge in [-0.25, -0.2) is 9.97 Å². The van der Waals surface area contributed by atoms with Crippen LogP contribution in [-0.2, 0) is 0 Å². The lowest BCUT2D eigenvalue weighted by atomic mass is 10.4. The Morgan fingerprint density at radius 1 is 1.44 bits per heavy atom. The second-order valence-corrected chi connectivity index (χ2v) is 1.89. The minimum atomic E-state index is -0.428. The second-order valence-electron chi connectivity index (χ2n) is 1.89. The SMILES string of the molecule is Cc1ncc(C)c(F)n1. The summed E-state index contributed by atoms with van der Waals surface area (Å²) in [7, 11) is 0. The fourth-order valence-corrected chi connectivity index (χ4v) is 0.503. The zero-order valence-corrected chi connectivity index (χ0v) is 5.35. The average molecular weight is 126 g/mol. The highest BCUT2D eigenvalue weighted by Gasteiger charge is 1.96. The van der Waals surface area contributed by atoms with Crippen molar-refractivity contribution in [3.8, 4) is 0 Å². The predicted octanol–water partition coefficient (Wildman–Crippen LogP) is 1.23. The van der Waals surface area contributed by atoms with E-state index in [1.54, 1.807) is 13.8 Å². The molecule has 48 valence electrons. The van der Waals surface area contributed by atoms with E-state index < -0.39 is 5.95 Å². The highest BCUT2D eigenvalue weighted by atomic mass is 19.1. The van der Waals surface area contributed by atoms with Crippen molar-refractivity contribution < 1.29 is 4.39 Å². The molecule has 0 aliphatic heterocycles. The van der Waals surface area contributed by atoms with Crippen molar-refractivity contribution in [3.63, 3.8) is 0 Å². The molecule has 1 aromatic heterocycles. The third-order valence-electron chi connectivity index (χ3n) is 1.03. The Balaban J connectivity index is 3.17. The van der Waals surface area contributed by atoms with Gasteiger partial charge in [0.25, 0.3) is 0 Å². The van der Waals surface area contributed by atoms with E-state index in [-0.39, 0.29) is 0 Å². The summed E-state index contributed by atoms with van der Waals surface area (Å²) in [4.78, 5) is 7.28. The highest BCUT2D eigenvalue weighted by Crippen LogP contribution is 1.98. The maximum Gasteiger partial charge on any atom is 0.219 e. The lowest BCUT2D eigenvalue weighted by Crippen LogP contribution is -1.93. The van der Waals surface area contributed by atoms with Crippen LogP contribution in [0.25, 0.3) is 0 Å². The molecule has 1 rings (SSSR count). The van der Waals surface area contributed by atoms with E-state index in [2.05, 4.69) is 9.97 Å². The van der Waals surface area contributed by atoms with Crippen LogP contribution in [0.1, 0.15) is 11.4 Å². The van der Waals surface area contributed by atoms with E-state index >= 15 is 0 Å². The van der Waals surface area contributed by atoms with Crippen molar-refractivity contribution in [2.75, 3.05) is 0 Å². The molecule has 0 N–H and O–H groups in total. The number of halogens is 1. The molecular weight excluding hydrogens is 119 g/mol. The number of hydrogen-bond donors (Lipinski definition) is 0. The molecule has 3 heteroatoms. The second kappa shape index (κ2) is 2.09. The van der Waals surface area contributed by atoms with E-state index in [1.807, 2.05) is 0 Å². The number of aromatic nitrogens is 2. The molecule has 0 fully saturated rings. The Bertz CT molecular complexity index is 222. The van der Waals surface area contributed by atoms with Crippen LogP contribution in [0.3, 0.4) is 0 Å². The van der Waals surface area contributed by atoms with Gasteiger partial charge in [0.15, 0.2) is 0 Å². The van der Waals surface area contributed by atoms with Crippen molar-refractivity contribution in [2.24, 2.45) is 0 Å². The molecule has 0 saturated heterocycles. The predicted molar refractivity (Wildman–Crippen MR) is 31.5 cm³/mol. The zero-order valence-electron chi connectivity index (χ0n) is 5.35. The molecule has 0 unspecified atom stereocenters. The first-order valence-corrected chi connectivity index (χ1v) is 2.66.